The molecule has 1 atom stereocenters. The van der Waals surface area contributed by atoms with Crippen LogP contribution in [0.2, 0.25) is 0 Å². The minimum atomic E-state index is -0.371. The summed E-state index contributed by atoms with van der Waals surface area (Å²) in [6.07, 6.45) is 5.76. The first-order valence-corrected chi connectivity index (χ1v) is 9.02. The van der Waals surface area contributed by atoms with Crippen molar-refractivity contribution in [3.8, 4) is 0 Å². The van der Waals surface area contributed by atoms with Crippen molar-refractivity contribution in [2.24, 2.45) is 0 Å². The Morgan fingerprint density at radius 2 is 1.67 bits per heavy atom. The summed E-state index contributed by atoms with van der Waals surface area (Å²) in [6.45, 7) is 2.50. The largest absolute Gasteiger partial charge is 0.445 e. The molecule has 2 amide bonds. The van der Waals surface area contributed by atoms with Gasteiger partial charge in [0, 0.05) is 19.6 Å². The van der Waals surface area contributed by atoms with Gasteiger partial charge in [-0.3, -0.25) is 9.69 Å². The lowest BCUT2D eigenvalue weighted by Gasteiger charge is -2.29. The molecule has 0 spiro atoms. The maximum absolute atomic E-state index is 12.8. The highest BCUT2D eigenvalue weighted by atomic mass is 16.6. The normalized spacial score (nSPS) is 21.4. The standard InChI is InChI=1S/C19H26N2O3/c22-18(20-12-6-1-2-7-13-20)17-11-8-14-21(17)19(23)24-15-16-9-4-3-5-10-16/h3-5,9-10,17H,1-2,6-8,11-15H2/t17-/m0/s1. The van der Waals surface area contributed by atoms with Gasteiger partial charge in [0.1, 0.15) is 12.6 Å². The van der Waals surface area contributed by atoms with Gasteiger partial charge in [-0.25, -0.2) is 4.79 Å². The fourth-order valence-electron chi connectivity index (χ4n) is 3.55. The molecule has 0 aromatic heterocycles. The van der Waals surface area contributed by atoms with E-state index in [1.807, 2.05) is 35.2 Å². The lowest BCUT2D eigenvalue weighted by Crippen LogP contribution is -2.48. The van der Waals surface area contributed by atoms with E-state index in [4.69, 9.17) is 4.74 Å². The average molecular weight is 330 g/mol. The van der Waals surface area contributed by atoms with Crippen LogP contribution in [0.1, 0.15) is 44.1 Å². The Bertz CT molecular complexity index is 553. The molecule has 1 aromatic carbocycles. The second kappa shape index (κ2) is 8.18. The summed E-state index contributed by atoms with van der Waals surface area (Å²) in [5.41, 5.74) is 0.959. The minimum Gasteiger partial charge on any atom is -0.445 e. The van der Waals surface area contributed by atoms with Crippen LogP contribution < -0.4 is 0 Å². The number of carbonyl (C=O) groups excluding carboxylic acids is 2. The number of amides is 2. The molecule has 2 aliphatic heterocycles. The summed E-state index contributed by atoms with van der Waals surface area (Å²) in [6, 6.07) is 9.29. The summed E-state index contributed by atoms with van der Waals surface area (Å²) < 4.78 is 5.42. The molecular weight excluding hydrogens is 304 g/mol. The smallest absolute Gasteiger partial charge is 0.410 e. The van der Waals surface area contributed by atoms with Gasteiger partial charge in [-0.05, 0) is 31.2 Å². The Labute approximate surface area is 143 Å². The highest BCUT2D eigenvalue weighted by molar-refractivity contribution is 5.86. The van der Waals surface area contributed by atoms with Crippen LogP contribution in [0.3, 0.4) is 0 Å². The maximum Gasteiger partial charge on any atom is 0.410 e. The van der Waals surface area contributed by atoms with E-state index in [1.54, 1.807) is 4.90 Å². The van der Waals surface area contributed by atoms with Crippen molar-refractivity contribution in [2.45, 2.75) is 51.2 Å². The highest BCUT2D eigenvalue weighted by Gasteiger charge is 2.37. The van der Waals surface area contributed by atoms with Crippen LogP contribution in [0.25, 0.3) is 0 Å². The van der Waals surface area contributed by atoms with Gasteiger partial charge in [-0.1, -0.05) is 43.2 Å². The first-order chi connectivity index (χ1) is 11.8. The molecule has 0 bridgehead atoms. The predicted molar refractivity (Wildman–Crippen MR) is 91.4 cm³/mol. The molecule has 0 N–H and O–H groups in total. The number of rotatable bonds is 3. The molecule has 0 saturated carbocycles. The van der Waals surface area contributed by atoms with Crippen LogP contribution in [0.4, 0.5) is 4.79 Å². The SMILES string of the molecule is O=C([C@@H]1CCCN1C(=O)OCc1ccccc1)N1CCCCCC1. The van der Waals surface area contributed by atoms with E-state index in [-0.39, 0.29) is 24.6 Å². The van der Waals surface area contributed by atoms with Crippen LogP contribution >= 0.6 is 0 Å². The molecule has 3 rings (SSSR count). The van der Waals surface area contributed by atoms with Gasteiger partial charge in [0.2, 0.25) is 5.91 Å². The number of nitrogens with zero attached hydrogens (tertiary/aromatic N) is 2. The molecule has 0 unspecified atom stereocenters. The van der Waals surface area contributed by atoms with E-state index in [2.05, 4.69) is 0 Å². The van der Waals surface area contributed by atoms with Gasteiger partial charge in [0.25, 0.3) is 0 Å². The Morgan fingerprint density at radius 1 is 0.958 bits per heavy atom. The second-order valence-electron chi connectivity index (χ2n) is 6.63. The van der Waals surface area contributed by atoms with Crippen LogP contribution in [-0.2, 0) is 16.1 Å². The molecular formula is C19H26N2O3. The van der Waals surface area contributed by atoms with Crippen LogP contribution in [0.5, 0.6) is 0 Å². The molecule has 130 valence electrons. The molecule has 2 saturated heterocycles. The molecule has 2 fully saturated rings. The van der Waals surface area contributed by atoms with E-state index in [0.29, 0.717) is 6.54 Å². The summed E-state index contributed by atoms with van der Waals surface area (Å²) in [7, 11) is 0. The summed E-state index contributed by atoms with van der Waals surface area (Å²) >= 11 is 0. The van der Waals surface area contributed by atoms with Gasteiger partial charge in [0.15, 0.2) is 0 Å². The van der Waals surface area contributed by atoms with Crippen LogP contribution in [0, 0.1) is 0 Å². The van der Waals surface area contributed by atoms with Crippen LogP contribution in [-0.4, -0.2) is 47.5 Å². The Hall–Kier alpha value is -2.04. The van der Waals surface area contributed by atoms with Gasteiger partial charge in [-0.15, -0.1) is 0 Å². The molecule has 0 radical (unpaired) electrons. The van der Waals surface area contributed by atoms with Crippen molar-refractivity contribution in [3.63, 3.8) is 0 Å². The molecule has 1 aromatic rings. The maximum atomic E-state index is 12.8. The fraction of sp³-hybridized carbons (Fsp3) is 0.579. The van der Waals surface area contributed by atoms with Gasteiger partial charge in [-0.2, -0.15) is 0 Å². The van der Waals surface area contributed by atoms with Gasteiger partial charge >= 0.3 is 6.09 Å². The zero-order valence-corrected chi connectivity index (χ0v) is 14.2. The lowest BCUT2D eigenvalue weighted by atomic mass is 10.2. The zero-order valence-electron chi connectivity index (χ0n) is 14.2. The number of likely N-dealkylation sites (tertiary alicyclic amines) is 2. The van der Waals surface area contributed by atoms with Crippen LogP contribution in [0.15, 0.2) is 30.3 Å². The summed E-state index contributed by atoms with van der Waals surface area (Å²) in [5, 5.41) is 0. The number of hydrogen-bond acceptors (Lipinski definition) is 3. The third-order valence-corrected chi connectivity index (χ3v) is 4.90. The second-order valence-corrected chi connectivity index (χ2v) is 6.63. The topological polar surface area (TPSA) is 49.9 Å². The summed E-state index contributed by atoms with van der Waals surface area (Å²) in [4.78, 5) is 28.8. The number of benzene rings is 1. The fourth-order valence-corrected chi connectivity index (χ4v) is 3.55. The van der Waals surface area contributed by atoms with Crippen molar-refractivity contribution in [2.75, 3.05) is 19.6 Å². The van der Waals surface area contributed by atoms with E-state index in [1.165, 1.54) is 12.8 Å². The minimum absolute atomic E-state index is 0.103. The molecule has 24 heavy (non-hydrogen) atoms. The molecule has 2 heterocycles. The van der Waals surface area contributed by atoms with Crippen molar-refractivity contribution >= 4 is 12.0 Å². The third kappa shape index (κ3) is 4.08. The summed E-state index contributed by atoms with van der Waals surface area (Å²) in [5.74, 6) is 0.103. The number of hydrogen-bond donors (Lipinski definition) is 0. The van der Waals surface area contributed by atoms with Crippen molar-refractivity contribution in [1.82, 2.24) is 9.80 Å². The monoisotopic (exact) mass is 330 g/mol. The van der Waals surface area contributed by atoms with E-state index < -0.39 is 0 Å². The van der Waals surface area contributed by atoms with Crippen molar-refractivity contribution < 1.29 is 14.3 Å². The Balaban J connectivity index is 1.57. The highest BCUT2D eigenvalue weighted by Crippen LogP contribution is 2.22. The van der Waals surface area contributed by atoms with Gasteiger partial charge in [0.05, 0.1) is 0 Å². The number of ether oxygens (including phenoxy) is 1. The number of carbonyl (C=O) groups is 2. The van der Waals surface area contributed by atoms with Gasteiger partial charge < -0.3 is 9.64 Å². The molecule has 2 aliphatic rings. The van der Waals surface area contributed by atoms with E-state index >= 15 is 0 Å². The quantitative estimate of drug-likeness (QED) is 0.855. The third-order valence-electron chi connectivity index (χ3n) is 4.90. The predicted octanol–water partition coefficient (Wildman–Crippen LogP) is 3.19. The zero-order chi connectivity index (χ0) is 16.8. The Morgan fingerprint density at radius 3 is 2.38 bits per heavy atom. The molecule has 0 aliphatic carbocycles. The first kappa shape index (κ1) is 16.8. The Kier molecular flexibility index (Phi) is 5.72. The average Bonchev–Trinajstić information content (AvgIpc) is 2.95. The van der Waals surface area contributed by atoms with E-state index in [0.717, 1.165) is 44.3 Å². The van der Waals surface area contributed by atoms with Crippen molar-refractivity contribution in [3.05, 3.63) is 35.9 Å². The van der Waals surface area contributed by atoms with E-state index in [9.17, 15) is 9.59 Å². The molecule has 5 nitrogen and oxygen atoms in total. The molecule has 5 heteroatoms. The lowest BCUT2D eigenvalue weighted by molar-refractivity contribution is -0.135. The first-order valence-electron chi connectivity index (χ1n) is 9.02. The van der Waals surface area contributed by atoms with Crippen molar-refractivity contribution in [1.29, 1.82) is 0 Å².